The lowest BCUT2D eigenvalue weighted by Crippen LogP contribution is -2.00. The van der Waals surface area contributed by atoms with Crippen LogP contribution in [0.2, 0.25) is 0 Å². The number of nitrogens with two attached hydrogens (primary N) is 1. The second-order valence-electron chi connectivity index (χ2n) is 4.18. The topological polar surface area (TPSA) is 52.0 Å². The summed E-state index contributed by atoms with van der Waals surface area (Å²) in [7, 11) is 0. The molecule has 1 aromatic heterocycles. The molecular weight excluding hydrogens is 176 g/mol. The van der Waals surface area contributed by atoms with Crippen molar-refractivity contribution in [2.24, 2.45) is 5.92 Å². The highest BCUT2D eigenvalue weighted by Crippen LogP contribution is 2.30. The van der Waals surface area contributed by atoms with Crippen molar-refractivity contribution in [3.05, 3.63) is 11.3 Å². The minimum atomic E-state index is 0.584. The van der Waals surface area contributed by atoms with Crippen LogP contribution in [0.15, 0.2) is 4.52 Å². The molecule has 0 saturated heterocycles. The SMILES string of the molecule is CCc1c(N)noc1CC1CCCC1. The Bertz CT molecular complexity index is 300. The molecule has 14 heavy (non-hydrogen) atoms. The second kappa shape index (κ2) is 4.03. The van der Waals surface area contributed by atoms with E-state index < -0.39 is 0 Å². The van der Waals surface area contributed by atoms with E-state index in [-0.39, 0.29) is 0 Å². The summed E-state index contributed by atoms with van der Waals surface area (Å²) in [5, 5.41) is 3.83. The van der Waals surface area contributed by atoms with E-state index in [1.807, 2.05) is 0 Å². The van der Waals surface area contributed by atoms with Crippen LogP contribution in [0.4, 0.5) is 5.82 Å². The van der Waals surface area contributed by atoms with Gasteiger partial charge in [-0.2, -0.15) is 0 Å². The Labute approximate surface area is 84.7 Å². The van der Waals surface area contributed by atoms with Crippen molar-refractivity contribution in [3.8, 4) is 0 Å². The van der Waals surface area contributed by atoms with Crippen LogP contribution in [0.1, 0.15) is 43.9 Å². The summed E-state index contributed by atoms with van der Waals surface area (Å²) in [6, 6.07) is 0. The number of anilines is 1. The number of nitrogen functional groups attached to an aromatic ring is 1. The first-order chi connectivity index (χ1) is 6.81. The summed E-state index contributed by atoms with van der Waals surface area (Å²) < 4.78 is 5.27. The van der Waals surface area contributed by atoms with Crippen LogP contribution in [0.3, 0.4) is 0 Å². The van der Waals surface area contributed by atoms with E-state index in [4.69, 9.17) is 10.3 Å². The predicted octanol–water partition coefficient (Wildman–Crippen LogP) is 2.55. The summed E-state index contributed by atoms with van der Waals surface area (Å²) in [5.74, 6) is 2.41. The third kappa shape index (κ3) is 1.76. The Morgan fingerprint density at radius 2 is 2.14 bits per heavy atom. The first-order valence-electron chi connectivity index (χ1n) is 5.54. The molecule has 3 heteroatoms. The summed E-state index contributed by atoms with van der Waals surface area (Å²) in [5.41, 5.74) is 6.84. The molecule has 0 atom stereocenters. The van der Waals surface area contributed by atoms with Crippen LogP contribution >= 0.6 is 0 Å². The van der Waals surface area contributed by atoms with Gasteiger partial charge in [-0.1, -0.05) is 37.8 Å². The van der Waals surface area contributed by atoms with Gasteiger partial charge in [-0.3, -0.25) is 0 Å². The molecule has 1 aliphatic carbocycles. The Morgan fingerprint density at radius 1 is 1.43 bits per heavy atom. The monoisotopic (exact) mass is 194 g/mol. The van der Waals surface area contributed by atoms with Gasteiger partial charge >= 0.3 is 0 Å². The molecule has 0 radical (unpaired) electrons. The summed E-state index contributed by atoms with van der Waals surface area (Å²) in [6.07, 6.45) is 7.38. The van der Waals surface area contributed by atoms with Gasteiger partial charge in [0.1, 0.15) is 5.76 Å². The van der Waals surface area contributed by atoms with E-state index in [1.165, 1.54) is 25.7 Å². The fourth-order valence-electron chi connectivity index (χ4n) is 2.37. The molecule has 2 N–H and O–H groups in total. The molecule has 1 fully saturated rings. The quantitative estimate of drug-likeness (QED) is 0.804. The molecule has 3 nitrogen and oxygen atoms in total. The minimum Gasteiger partial charge on any atom is -0.381 e. The first-order valence-corrected chi connectivity index (χ1v) is 5.54. The Hall–Kier alpha value is -0.990. The van der Waals surface area contributed by atoms with Gasteiger partial charge in [0.15, 0.2) is 5.82 Å². The molecule has 78 valence electrons. The van der Waals surface area contributed by atoms with E-state index in [1.54, 1.807) is 0 Å². The maximum atomic E-state index is 5.72. The summed E-state index contributed by atoms with van der Waals surface area (Å²) in [6.45, 7) is 2.10. The maximum absolute atomic E-state index is 5.72. The van der Waals surface area contributed by atoms with Crippen molar-refractivity contribution < 1.29 is 4.52 Å². The molecule has 1 saturated carbocycles. The van der Waals surface area contributed by atoms with Gasteiger partial charge in [0.05, 0.1) is 0 Å². The third-order valence-corrected chi connectivity index (χ3v) is 3.20. The minimum absolute atomic E-state index is 0.584. The van der Waals surface area contributed by atoms with Crippen LogP contribution < -0.4 is 5.73 Å². The highest BCUT2D eigenvalue weighted by atomic mass is 16.5. The lowest BCUT2D eigenvalue weighted by Gasteiger charge is -2.06. The van der Waals surface area contributed by atoms with Gasteiger partial charge in [-0.15, -0.1) is 0 Å². The number of nitrogens with zero attached hydrogens (tertiary/aromatic N) is 1. The van der Waals surface area contributed by atoms with E-state index >= 15 is 0 Å². The Morgan fingerprint density at radius 3 is 2.79 bits per heavy atom. The molecular formula is C11H18N2O. The van der Waals surface area contributed by atoms with Gasteiger partial charge in [-0.05, 0) is 12.3 Å². The van der Waals surface area contributed by atoms with Crippen molar-refractivity contribution in [1.82, 2.24) is 5.16 Å². The Balaban J connectivity index is 2.07. The zero-order valence-corrected chi connectivity index (χ0v) is 8.75. The fourth-order valence-corrected chi connectivity index (χ4v) is 2.37. The van der Waals surface area contributed by atoms with Crippen molar-refractivity contribution in [3.63, 3.8) is 0 Å². The smallest absolute Gasteiger partial charge is 0.170 e. The van der Waals surface area contributed by atoms with E-state index in [0.29, 0.717) is 5.82 Å². The average molecular weight is 194 g/mol. The molecule has 1 aromatic rings. The Kier molecular flexibility index (Phi) is 2.75. The van der Waals surface area contributed by atoms with Gasteiger partial charge in [0.25, 0.3) is 0 Å². The van der Waals surface area contributed by atoms with E-state index in [0.717, 1.165) is 30.1 Å². The molecule has 0 aromatic carbocycles. The van der Waals surface area contributed by atoms with Crippen molar-refractivity contribution in [2.45, 2.75) is 45.4 Å². The molecule has 0 bridgehead atoms. The predicted molar refractivity (Wildman–Crippen MR) is 56.0 cm³/mol. The zero-order valence-electron chi connectivity index (χ0n) is 8.75. The van der Waals surface area contributed by atoms with E-state index in [2.05, 4.69) is 12.1 Å². The lowest BCUT2D eigenvalue weighted by atomic mass is 9.99. The van der Waals surface area contributed by atoms with Crippen molar-refractivity contribution in [1.29, 1.82) is 0 Å². The molecule has 0 amide bonds. The highest BCUT2D eigenvalue weighted by molar-refractivity contribution is 5.40. The number of hydrogen-bond acceptors (Lipinski definition) is 3. The molecule has 0 spiro atoms. The summed E-state index contributed by atoms with van der Waals surface area (Å²) >= 11 is 0. The van der Waals surface area contributed by atoms with Crippen LogP contribution in [0, 0.1) is 5.92 Å². The largest absolute Gasteiger partial charge is 0.381 e. The van der Waals surface area contributed by atoms with Crippen LogP contribution in [0.5, 0.6) is 0 Å². The van der Waals surface area contributed by atoms with Crippen LogP contribution in [-0.4, -0.2) is 5.16 Å². The third-order valence-electron chi connectivity index (χ3n) is 3.20. The maximum Gasteiger partial charge on any atom is 0.170 e. The summed E-state index contributed by atoms with van der Waals surface area (Å²) in [4.78, 5) is 0. The van der Waals surface area contributed by atoms with Gasteiger partial charge in [0.2, 0.25) is 0 Å². The van der Waals surface area contributed by atoms with Gasteiger partial charge in [-0.25, -0.2) is 0 Å². The van der Waals surface area contributed by atoms with Crippen molar-refractivity contribution >= 4 is 5.82 Å². The number of aromatic nitrogens is 1. The lowest BCUT2D eigenvalue weighted by molar-refractivity contribution is 0.359. The molecule has 1 heterocycles. The van der Waals surface area contributed by atoms with E-state index in [9.17, 15) is 0 Å². The standard InChI is InChI=1S/C11H18N2O/c1-2-9-10(14-13-11(9)12)7-8-5-3-4-6-8/h8H,2-7H2,1H3,(H2,12,13). The van der Waals surface area contributed by atoms with Crippen LogP contribution in [-0.2, 0) is 12.8 Å². The average Bonchev–Trinajstić information content (AvgIpc) is 2.77. The van der Waals surface area contributed by atoms with Gasteiger partial charge < -0.3 is 10.3 Å². The molecule has 1 aliphatic rings. The first kappa shape index (κ1) is 9.56. The molecule has 2 rings (SSSR count). The molecule has 0 unspecified atom stereocenters. The molecule has 0 aliphatic heterocycles. The fraction of sp³-hybridized carbons (Fsp3) is 0.727. The zero-order chi connectivity index (χ0) is 9.97. The highest BCUT2D eigenvalue weighted by Gasteiger charge is 2.20. The van der Waals surface area contributed by atoms with Crippen molar-refractivity contribution in [2.75, 3.05) is 5.73 Å². The van der Waals surface area contributed by atoms with Gasteiger partial charge in [0, 0.05) is 12.0 Å². The second-order valence-corrected chi connectivity index (χ2v) is 4.18. The number of rotatable bonds is 3. The van der Waals surface area contributed by atoms with Crippen LogP contribution in [0.25, 0.3) is 0 Å². The normalized spacial score (nSPS) is 17.8. The number of hydrogen-bond donors (Lipinski definition) is 1.